The number of hydrogen-bond donors (Lipinski definition) is 2. The van der Waals surface area contributed by atoms with Gasteiger partial charge in [-0.3, -0.25) is 9.59 Å². The molecule has 0 aromatic carbocycles. The molecule has 0 fully saturated rings. The van der Waals surface area contributed by atoms with Crippen LogP contribution >= 0.6 is 0 Å². The Balaban J connectivity index is 2.18. The number of ketones is 1. The molecule has 0 saturated heterocycles. The Morgan fingerprint density at radius 3 is 2.88 bits per heavy atom. The van der Waals surface area contributed by atoms with Crippen molar-refractivity contribution < 1.29 is 24.5 Å². The van der Waals surface area contributed by atoms with Crippen molar-refractivity contribution in [3.8, 4) is 11.8 Å². The third-order valence-electron chi connectivity index (χ3n) is 4.23. The highest BCUT2D eigenvalue weighted by Gasteiger charge is 2.28. The zero-order valence-electron chi connectivity index (χ0n) is 15.5. The lowest BCUT2D eigenvalue weighted by atomic mass is 9.89. The summed E-state index contributed by atoms with van der Waals surface area (Å²) in [6, 6.07) is 0. The van der Waals surface area contributed by atoms with E-state index in [1.54, 1.807) is 6.08 Å². The molecule has 144 valence electrons. The molecule has 0 aromatic heterocycles. The fourth-order valence-electron chi connectivity index (χ4n) is 2.67. The lowest BCUT2D eigenvalue weighted by molar-refractivity contribution is -0.147. The van der Waals surface area contributed by atoms with Crippen LogP contribution in [0.3, 0.4) is 0 Å². The maximum absolute atomic E-state index is 11.9. The Hall–Kier alpha value is -1.90. The van der Waals surface area contributed by atoms with E-state index in [0.29, 0.717) is 19.3 Å². The molecule has 5 heteroatoms. The predicted octanol–water partition coefficient (Wildman–Crippen LogP) is 2.56. The number of hydrogen-bond acceptors (Lipinski definition) is 5. The standard InChI is InChI=1S/C21H30O5/c1-2-3-7-11-19-17(13-14-20(19)24)10-8-5-4-6-9-12-21(25)26-16-18(23)15-22/h3,7,13-14,17-19,22-23H,2,4,6,9-12,15-16H2,1H3/b7-3-/t17-,18?,19+/m0/s1. The Morgan fingerprint density at radius 2 is 2.15 bits per heavy atom. The minimum atomic E-state index is -1.01. The highest BCUT2D eigenvalue weighted by molar-refractivity contribution is 5.94. The monoisotopic (exact) mass is 362 g/mol. The van der Waals surface area contributed by atoms with Crippen molar-refractivity contribution in [3.05, 3.63) is 24.3 Å². The lowest BCUT2D eigenvalue weighted by Gasteiger charge is -2.13. The van der Waals surface area contributed by atoms with Crippen molar-refractivity contribution in [1.82, 2.24) is 0 Å². The van der Waals surface area contributed by atoms with Crippen molar-refractivity contribution in [3.63, 3.8) is 0 Å². The quantitative estimate of drug-likeness (QED) is 0.255. The number of aliphatic hydroxyl groups is 2. The number of carbonyl (C=O) groups excluding carboxylic acids is 2. The van der Waals surface area contributed by atoms with Crippen molar-refractivity contribution in [2.45, 2.75) is 58.0 Å². The van der Waals surface area contributed by atoms with Gasteiger partial charge in [-0.2, -0.15) is 0 Å². The third-order valence-corrected chi connectivity index (χ3v) is 4.23. The highest BCUT2D eigenvalue weighted by atomic mass is 16.5. The fourth-order valence-corrected chi connectivity index (χ4v) is 2.67. The van der Waals surface area contributed by atoms with E-state index in [0.717, 1.165) is 19.3 Å². The number of allylic oxidation sites excluding steroid dienone is 4. The molecule has 0 saturated carbocycles. The minimum Gasteiger partial charge on any atom is -0.463 e. The number of carbonyl (C=O) groups is 2. The molecule has 0 heterocycles. The van der Waals surface area contributed by atoms with Crippen LogP contribution in [0.1, 0.15) is 51.9 Å². The predicted molar refractivity (Wildman–Crippen MR) is 100 cm³/mol. The first-order chi connectivity index (χ1) is 12.6. The van der Waals surface area contributed by atoms with Crippen molar-refractivity contribution in [1.29, 1.82) is 0 Å². The number of esters is 1. The summed E-state index contributed by atoms with van der Waals surface area (Å²) in [7, 11) is 0. The number of ether oxygens (including phenoxy) is 1. The molecule has 2 N–H and O–H groups in total. The van der Waals surface area contributed by atoms with Gasteiger partial charge in [-0.15, -0.1) is 11.8 Å². The summed E-state index contributed by atoms with van der Waals surface area (Å²) in [5.41, 5.74) is 0. The van der Waals surface area contributed by atoms with Crippen LogP contribution in [0.25, 0.3) is 0 Å². The molecule has 26 heavy (non-hydrogen) atoms. The molecule has 0 aromatic rings. The van der Waals surface area contributed by atoms with E-state index >= 15 is 0 Å². The van der Waals surface area contributed by atoms with E-state index in [-0.39, 0.29) is 36.6 Å². The summed E-state index contributed by atoms with van der Waals surface area (Å²) >= 11 is 0. The molecule has 3 atom stereocenters. The van der Waals surface area contributed by atoms with E-state index in [2.05, 4.69) is 30.9 Å². The SMILES string of the molecule is CC/C=C\C[C@H]1C(=O)C=C[C@@H]1CC#CCCCCC(=O)OCC(O)CO. The number of rotatable bonds is 11. The van der Waals surface area contributed by atoms with Gasteiger partial charge in [-0.05, 0) is 37.7 Å². The molecule has 0 amide bonds. The Bertz CT molecular complexity index is 552. The first kappa shape index (κ1) is 22.1. The van der Waals surface area contributed by atoms with E-state index in [1.807, 2.05) is 6.08 Å². The molecule has 1 unspecified atom stereocenters. The van der Waals surface area contributed by atoms with Crippen LogP contribution in [-0.4, -0.2) is 41.3 Å². The Labute approximate surface area is 156 Å². The normalized spacial score (nSPS) is 20.2. The van der Waals surface area contributed by atoms with Crippen molar-refractivity contribution >= 4 is 11.8 Å². The molecule has 1 aliphatic carbocycles. The second-order valence-corrected chi connectivity index (χ2v) is 6.43. The van der Waals surface area contributed by atoms with Gasteiger partial charge >= 0.3 is 5.97 Å². The summed E-state index contributed by atoms with van der Waals surface area (Å²) in [6.07, 6.45) is 11.7. The van der Waals surface area contributed by atoms with Gasteiger partial charge in [0.2, 0.25) is 0 Å². The lowest BCUT2D eigenvalue weighted by Crippen LogP contribution is -2.21. The average Bonchev–Trinajstić information content (AvgIpc) is 2.99. The van der Waals surface area contributed by atoms with Crippen LogP contribution < -0.4 is 0 Å². The van der Waals surface area contributed by atoms with Gasteiger partial charge in [0.05, 0.1) is 6.61 Å². The summed E-state index contributed by atoms with van der Waals surface area (Å²) in [5.74, 6) is 6.31. The van der Waals surface area contributed by atoms with Gasteiger partial charge < -0.3 is 14.9 Å². The van der Waals surface area contributed by atoms with Crippen LogP contribution in [0.2, 0.25) is 0 Å². The van der Waals surface area contributed by atoms with Gasteiger partial charge in [0.25, 0.3) is 0 Å². The van der Waals surface area contributed by atoms with Gasteiger partial charge in [0, 0.05) is 25.2 Å². The van der Waals surface area contributed by atoms with Crippen LogP contribution in [-0.2, 0) is 14.3 Å². The molecule has 5 nitrogen and oxygen atoms in total. The highest BCUT2D eigenvalue weighted by Crippen LogP contribution is 2.28. The van der Waals surface area contributed by atoms with Crippen LogP contribution in [0.4, 0.5) is 0 Å². The molecule has 1 rings (SSSR count). The molecular weight excluding hydrogens is 332 g/mol. The van der Waals surface area contributed by atoms with Crippen molar-refractivity contribution in [2.75, 3.05) is 13.2 Å². The smallest absolute Gasteiger partial charge is 0.305 e. The zero-order valence-corrected chi connectivity index (χ0v) is 15.5. The van der Waals surface area contributed by atoms with E-state index in [1.165, 1.54) is 0 Å². The molecule has 0 radical (unpaired) electrons. The summed E-state index contributed by atoms with van der Waals surface area (Å²) in [4.78, 5) is 23.3. The molecule has 0 bridgehead atoms. The maximum Gasteiger partial charge on any atom is 0.305 e. The van der Waals surface area contributed by atoms with Gasteiger partial charge in [0.1, 0.15) is 12.7 Å². The topological polar surface area (TPSA) is 83.8 Å². The first-order valence-corrected chi connectivity index (χ1v) is 9.35. The van der Waals surface area contributed by atoms with Crippen LogP contribution in [0, 0.1) is 23.7 Å². The molecule has 0 spiro atoms. The van der Waals surface area contributed by atoms with Gasteiger partial charge in [-0.25, -0.2) is 0 Å². The van der Waals surface area contributed by atoms with Gasteiger partial charge in [0.15, 0.2) is 5.78 Å². The largest absolute Gasteiger partial charge is 0.463 e. The first-order valence-electron chi connectivity index (χ1n) is 9.35. The molecule has 1 aliphatic rings. The average molecular weight is 362 g/mol. The number of aliphatic hydroxyl groups excluding tert-OH is 2. The van der Waals surface area contributed by atoms with Crippen LogP contribution in [0.5, 0.6) is 0 Å². The Kier molecular flexibility index (Phi) is 11.3. The second-order valence-electron chi connectivity index (χ2n) is 6.43. The van der Waals surface area contributed by atoms with E-state index in [4.69, 9.17) is 14.9 Å². The van der Waals surface area contributed by atoms with E-state index in [9.17, 15) is 9.59 Å². The van der Waals surface area contributed by atoms with Gasteiger partial charge in [-0.1, -0.05) is 25.2 Å². The molecular formula is C21H30O5. The summed E-state index contributed by atoms with van der Waals surface area (Å²) < 4.78 is 4.82. The number of unbranched alkanes of at least 4 members (excludes halogenated alkanes) is 2. The minimum absolute atomic E-state index is 0.0242. The summed E-state index contributed by atoms with van der Waals surface area (Å²) in [5, 5.41) is 17.7. The maximum atomic E-state index is 11.9. The fraction of sp³-hybridized carbons (Fsp3) is 0.619. The zero-order chi connectivity index (χ0) is 19.2. The third kappa shape index (κ3) is 8.98. The Morgan fingerprint density at radius 1 is 1.35 bits per heavy atom. The second kappa shape index (κ2) is 13.3. The van der Waals surface area contributed by atoms with Crippen molar-refractivity contribution in [2.24, 2.45) is 11.8 Å². The summed E-state index contributed by atoms with van der Waals surface area (Å²) in [6.45, 7) is 1.49. The van der Waals surface area contributed by atoms with Crippen LogP contribution in [0.15, 0.2) is 24.3 Å². The van der Waals surface area contributed by atoms with E-state index < -0.39 is 12.7 Å². The molecule has 0 aliphatic heterocycles.